The van der Waals surface area contributed by atoms with Gasteiger partial charge in [-0.25, -0.2) is 4.79 Å². The molecule has 2 saturated heterocycles. The summed E-state index contributed by atoms with van der Waals surface area (Å²) in [5, 5.41) is 0. The van der Waals surface area contributed by atoms with Gasteiger partial charge in [-0.1, -0.05) is 0 Å². The number of ether oxygens (including phenoxy) is 1. The molecule has 6 heteroatoms. The lowest BCUT2D eigenvalue weighted by Gasteiger charge is -2.27. The minimum absolute atomic E-state index is 0.0644. The number of amides is 1. The van der Waals surface area contributed by atoms with Gasteiger partial charge in [0.05, 0.1) is 17.6 Å². The summed E-state index contributed by atoms with van der Waals surface area (Å²) >= 11 is 0. The number of hydrogen-bond acceptors (Lipinski definition) is 5. The van der Waals surface area contributed by atoms with Gasteiger partial charge in [0.2, 0.25) is 0 Å². The molecule has 1 aromatic rings. The van der Waals surface area contributed by atoms with Crippen molar-refractivity contribution < 1.29 is 14.3 Å². The number of carbonyl (C=O) groups excluding carboxylic acids is 2. The fourth-order valence-electron chi connectivity index (χ4n) is 3.45. The van der Waals surface area contributed by atoms with Crippen LogP contribution in [0.3, 0.4) is 0 Å². The van der Waals surface area contributed by atoms with E-state index in [1.165, 1.54) is 0 Å². The molecule has 2 bridgehead atoms. The van der Waals surface area contributed by atoms with Crippen LogP contribution in [-0.2, 0) is 9.53 Å². The number of Topliss-reactive ketones (excluding diaryl/α,β-unsaturated/α-hetero) is 1. The molecule has 2 N–H and O–H groups in total. The van der Waals surface area contributed by atoms with Crippen molar-refractivity contribution in [2.75, 3.05) is 5.73 Å². The van der Waals surface area contributed by atoms with Crippen LogP contribution < -0.4 is 5.73 Å². The van der Waals surface area contributed by atoms with Crippen molar-refractivity contribution in [1.82, 2.24) is 9.88 Å². The number of pyridine rings is 1. The molecular formula is C16H21N3O3. The van der Waals surface area contributed by atoms with Crippen LogP contribution >= 0.6 is 0 Å². The van der Waals surface area contributed by atoms with Gasteiger partial charge >= 0.3 is 6.09 Å². The van der Waals surface area contributed by atoms with Gasteiger partial charge in [-0.2, -0.15) is 0 Å². The van der Waals surface area contributed by atoms with E-state index in [4.69, 9.17) is 10.5 Å². The highest BCUT2D eigenvalue weighted by Crippen LogP contribution is 2.45. The monoisotopic (exact) mass is 303 g/mol. The fraction of sp³-hybridized carbons (Fsp3) is 0.562. The summed E-state index contributed by atoms with van der Waals surface area (Å²) in [4.78, 5) is 30.7. The van der Waals surface area contributed by atoms with Gasteiger partial charge < -0.3 is 10.5 Å². The molecule has 22 heavy (non-hydrogen) atoms. The first-order valence-corrected chi connectivity index (χ1v) is 7.53. The predicted octanol–water partition coefficient (Wildman–Crippen LogP) is 2.10. The predicted molar refractivity (Wildman–Crippen MR) is 81.3 cm³/mol. The molecule has 0 aliphatic carbocycles. The van der Waals surface area contributed by atoms with Crippen molar-refractivity contribution in [3.8, 4) is 0 Å². The SMILES string of the molecule is CC(C)(C)OC(=O)N1C2CCC1C(c1cncc(N)c1)C2=O. The summed E-state index contributed by atoms with van der Waals surface area (Å²) < 4.78 is 5.45. The van der Waals surface area contributed by atoms with Gasteiger partial charge in [0.1, 0.15) is 5.60 Å². The first kappa shape index (κ1) is 14.8. The average Bonchev–Trinajstić information content (AvgIpc) is 2.92. The van der Waals surface area contributed by atoms with Crippen LogP contribution in [0.25, 0.3) is 0 Å². The summed E-state index contributed by atoms with van der Waals surface area (Å²) in [6.07, 6.45) is 4.30. The first-order valence-electron chi connectivity index (χ1n) is 7.53. The van der Waals surface area contributed by atoms with E-state index >= 15 is 0 Å². The van der Waals surface area contributed by atoms with Gasteiger partial charge in [-0.15, -0.1) is 0 Å². The molecule has 0 spiro atoms. The number of carbonyl (C=O) groups is 2. The number of anilines is 1. The molecule has 3 unspecified atom stereocenters. The van der Waals surface area contributed by atoms with Crippen LogP contribution in [0.1, 0.15) is 45.1 Å². The van der Waals surface area contributed by atoms with Crippen molar-refractivity contribution in [2.45, 2.75) is 57.2 Å². The second-order valence-electron chi connectivity index (χ2n) is 6.98. The molecule has 2 aliphatic rings. The zero-order chi connectivity index (χ0) is 16.1. The maximum atomic E-state index is 12.6. The molecule has 3 heterocycles. The number of aromatic nitrogens is 1. The number of rotatable bonds is 1. The average molecular weight is 303 g/mol. The van der Waals surface area contributed by atoms with E-state index in [9.17, 15) is 9.59 Å². The van der Waals surface area contributed by atoms with Gasteiger partial charge in [0, 0.05) is 18.4 Å². The van der Waals surface area contributed by atoms with Gasteiger partial charge in [-0.3, -0.25) is 14.7 Å². The molecular weight excluding hydrogens is 282 g/mol. The summed E-state index contributed by atoms with van der Waals surface area (Å²) in [5.41, 5.74) is 6.50. The molecule has 0 aromatic carbocycles. The maximum Gasteiger partial charge on any atom is 0.411 e. The molecule has 118 valence electrons. The molecule has 0 radical (unpaired) electrons. The number of nitrogens with zero attached hydrogens (tertiary/aromatic N) is 2. The fourth-order valence-corrected chi connectivity index (χ4v) is 3.45. The lowest BCUT2D eigenvalue weighted by molar-refractivity contribution is -0.121. The van der Waals surface area contributed by atoms with E-state index in [0.717, 1.165) is 12.0 Å². The second kappa shape index (κ2) is 4.97. The third-order valence-electron chi connectivity index (χ3n) is 4.19. The highest BCUT2D eigenvalue weighted by Gasteiger charge is 2.56. The van der Waals surface area contributed by atoms with Crippen molar-refractivity contribution in [3.05, 3.63) is 24.0 Å². The zero-order valence-electron chi connectivity index (χ0n) is 13.1. The third kappa shape index (κ3) is 2.42. The van der Waals surface area contributed by atoms with Crippen LogP contribution in [0.5, 0.6) is 0 Å². The van der Waals surface area contributed by atoms with E-state index in [0.29, 0.717) is 12.1 Å². The Morgan fingerprint density at radius 2 is 2.09 bits per heavy atom. The number of nitrogen functional groups attached to an aromatic ring is 1. The van der Waals surface area contributed by atoms with Gasteiger partial charge in [0.25, 0.3) is 0 Å². The van der Waals surface area contributed by atoms with Crippen LogP contribution in [0.2, 0.25) is 0 Å². The molecule has 1 aromatic heterocycles. The minimum atomic E-state index is -0.573. The molecule has 2 fully saturated rings. The van der Waals surface area contributed by atoms with Crippen LogP contribution in [0, 0.1) is 0 Å². The van der Waals surface area contributed by atoms with Crippen LogP contribution in [0.15, 0.2) is 18.5 Å². The Bertz CT molecular complexity index is 623. The molecule has 6 nitrogen and oxygen atoms in total. The molecule has 0 saturated carbocycles. The summed E-state index contributed by atoms with van der Waals surface area (Å²) in [7, 11) is 0. The largest absolute Gasteiger partial charge is 0.444 e. The Morgan fingerprint density at radius 3 is 2.73 bits per heavy atom. The molecule has 1 amide bonds. The molecule has 3 rings (SSSR count). The van der Waals surface area contributed by atoms with E-state index in [1.807, 2.05) is 20.8 Å². The Balaban J connectivity index is 1.88. The zero-order valence-corrected chi connectivity index (χ0v) is 13.1. The number of fused-ring (bicyclic) bond motifs is 2. The van der Waals surface area contributed by atoms with Crippen LogP contribution in [-0.4, -0.2) is 39.4 Å². The Kier molecular flexibility index (Phi) is 3.34. The Hall–Kier alpha value is -2.11. The van der Waals surface area contributed by atoms with Crippen molar-refractivity contribution >= 4 is 17.6 Å². The van der Waals surface area contributed by atoms with E-state index in [1.54, 1.807) is 23.4 Å². The summed E-state index contributed by atoms with van der Waals surface area (Å²) in [5.74, 6) is -0.281. The highest BCUT2D eigenvalue weighted by atomic mass is 16.6. The third-order valence-corrected chi connectivity index (χ3v) is 4.19. The number of hydrogen-bond donors (Lipinski definition) is 1. The standard InChI is InChI=1S/C16H21N3O3/c1-16(2,3)22-15(21)19-11-4-5-12(19)14(20)13(11)9-6-10(17)8-18-7-9/h6-8,11-13H,4-5,17H2,1-3H3. The van der Waals surface area contributed by atoms with Crippen LogP contribution in [0.4, 0.5) is 10.5 Å². The maximum absolute atomic E-state index is 12.6. The first-order chi connectivity index (χ1) is 10.3. The topological polar surface area (TPSA) is 85.5 Å². The van der Waals surface area contributed by atoms with Crippen molar-refractivity contribution in [1.29, 1.82) is 0 Å². The van der Waals surface area contributed by atoms with Gasteiger partial charge in [0.15, 0.2) is 5.78 Å². The number of nitrogens with two attached hydrogens (primary N) is 1. The summed E-state index contributed by atoms with van der Waals surface area (Å²) in [6.45, 7) is 5.47. The second-order valence-corrected chi connectivity index (χ2v) is 6.98. The van der Waals surface area contributed by atoms with E-state index in [2.05, 4.69) is 4.98 Å². The summed E-state index contributed by atoms with van der Waals surface area (Å²) in [6, 6.07) is 1.23. The van der Waals surface area contributed by atoms with Crippen molar-refractivity contribution in [2.24, 2.45) is 0 Å². The Labute approximate surface area is 129 Å². The minimum Gasteiger partial charge on any atom is -0.444 e. The quantitative estimate of drug-likeness (QED) is 0.858. The molecule has 3 atom stereocenters. The highest BCUT2D eigenvalue weighted by molar-refractivity contribution is 5.98. The van der Waals surface area contributed by atoms with E-state index < -0.39 is 11.7 Å². The molecule has 2 aliphatic heterocycles. The number of ketones is 1. The lowest BCUT2D eigenvalue weighted by Crippen LogP contribution is -2.40. The Morgan fingerprint density at radius 1 is 1.36 bits per heavy atom. The smallest absolute Gasteiger partial charge is 0.411 e. The van der Waals surface area contributed by atoms with Gasteiger partial charge in [-0.05, 0) is 45.2 Å². The van der Waals surface area contributed by atoms with E-state index in [-0.39, 0.29) is 23.8 Å². The lowest BCUT2D eigenvalue weighted by atomic mass is 9.83. The normalized spacial score (nSPS) is 27.3. The van der Waals surface area contributed by atoms with Crippen molar-refractivity contribution in [3.63, 3.8) is 0 Å².